The van der Waals surface area contributed by atoms with Gasteiger partial charge in [-0.25, -0.2) is 4.98 Å². The van der Waals surface area contributed by atoms with Gasteiger partial charge in [0.2, 0.25) is 0 Å². The first-order valence-electron chi connectivity index (χ1n) is 10.2. The summed E-state index contributed by atoms with van der Waals surface area (Å²) in [6, 6.07) is 18.2. The van der Waals surface area contributed by atoms with E-state index in [1.165, 1.54) is 11.1 Å². The first-order chi connectivity index (χ1) is 14.7. The zero-order valence-corrected chi connectivity index (χ0v) is 17.6. The molecule has 0 bridgehead atoms. The summed E-state index contributed by atoms with van der Waals surface area (Å²) < 4.78 is 6.36. The molecule has 1 amide bonds. The maximum atomic E-state index is 12.4. The Hall–Kier alpha value is -2.99. The number of nitrogens with zero attached hydrogens (tertiary/aromatic N) is 2. The quantitative estimate of drug-likeness (QED) is 0.529. The highest BCUT2D eigenvalue weighted by atomic mass is 32.1. The molecule has 5 nitrogen and oxygen atoms in total. The van der Waals surface area contributed by atoms with Gasteiger partial charge in [-0.3, -0.25) is 9.59 Å². The van der Waals surface area contributed by atoms with Crippen molar-refractivity contribution in [3.8, 4) is 0 Å². The number of esters is 1. The van der Waals surface area contributed by atoms with Gasteiger partial charge in [0.25, 0.3) is 5.91 Å². The number of aromatic nitrogens is 1. The molecule has 2 aromatic carbocycles. The minimum Gasteiger partial charge on any atom is -0.456 e. The SMILES string of the molecule is O=C(CCCc1nc2ccccc2s1)OCC(=O)N1CC=C(c2ccccc2)CC1. The van der Waals surface area contributed by atoms with Crippen molar-refractivity contribution in [1.82, 2.24) is 9.88 Å². The Morgan fingerprint density at radius 1 is 1.07 bits per heavy atom. The molecule has 0 saturated carbocycles. The minimum absolute atomic E-state index is 0.141. The van der Waals surface area contributed by atoms with Gasteiger partial charge in [-0.2, -0.15) is 0 Å². The predicted molar refractivity (Wildman–Crippen MR) is 119 cm³/mol. The average molecular weight is 421 g/mol. The third kappa shape index (κ3) is 5.13. The Morgan fingerprint density at radius 2 is 1.87 bits per heavy atom. The Kier molecular flexibility index (Phi) is 6.54. The molecule has 1 aliphatic rings. The van der Waals surface area contributed by atoms with E-state index in [9.17, 15) is 9.59 Å². The highest BCUT2D eigenvalue weighted by molar-refractivity contribution is 7.18. The Morgan fingerprint density at radius 3 is 2.63 bits per heavy atom. The van der Waals surface area contributed by atoms with Crippen molar-refractivity contribution in [2.75, 3.05) is 19.7 Å². The minimum atomic E-state index is -0.331. The van der Waals surface area contributed by atoms with E-state index in [1.54, 1.807) is 16.2 Å². The van der Waals surface area contributed by atoms with Crippen molar-refractivity contribution >= 4 is 39.0 Å². The standard InChI is InChI=1S/C24H24N2O3S/c27-23(26-15-13-19(14-16-26)18-7-2-1-3-8-18)17-29-24(28)12-6-11-22-25-20-9-4-5-10-21(20)30-22/h1-5,7-10,13H,6,11-12,14-17H2. The fourth-order valence-electron chi connectivity index (χ4n) is 3.53. The molecule has 3 aromatic rings. The van der Waals surface area contributed by atoms with E-state index in [0.717, 1.165) is 28.1 Å². The number of rotatable bonds is 7. The Labute approximate surface area is 180 Å². The second-order valence-corrected chi connectivity index (χ2v) is 8.39. The molecule has 0 saturated heterocycles. The zero-order valence-electron chi connectivity index (χ0n) is 16.8. The van der Waals surface area contributed by atoms with Gasteiger partial charge < -0.3 is 9.64 Å². The molecular formula is C24H24N2O3S. The van der Waals surface area contributed by atoms with E-state index in [4.69, 9.17) is 4.74 Å². The normalized spacial score (nSPS) is 13.9. The molecule has 0 unspecified atom stereocenters. The lowest BCUT2D eigenvalue weighted by molar-refractivity contribution is -0.151. The van der Waals surface area contributed by atoms with E-state index in [-0.39, 0.29) is 18.5 Å². The van der Waals surface area contributed by atoms with Crippen LogP contribution in [0.15, 0.2) is 60.7 Å². The third-order valence-electron chi connectivity index (χ3n) is 5.17. The van der Waals surface area contributed by atoms with Crippen molar-refractivity contribution in [3.63, 3.8) is 0 Å². The number of carbonyl (C=O) groups excluding carboxylic acids is 2. The number of fused-ring (bicyclic) bond motifs is 1. The van der Waals surface area contributed by atoms with Crippen LogP contribution in [-0.4, -0.2) is 41.5 Å². The van der Waals surface area contributed by atoms with Gasteiger partial charge in [0.15, 0.2) is 6.61 Å². The summed E-state index contributed by atoms with van der Waals surface area (Å²) >= 11 is 1.65. The van der Waals surface area contributed by atoms with Crippen LogP contribution in [0.25, 0.3) is 15.8 Å². The number of hydrogen-bond acceptors (Lipinski definition) is 5. The molecule has 1 aliphatic heterocycles. The fourth-order valence-corrected chi connectivity index (χ4v) is 4.54. The number of para-hydroxylation sites is 1. The predicted octanol–water partition coefficient (Wildman–Crippen LogP) is 4.48. The Bertz CT molecular complexity index is 1030. The third-order valence-corrected chi connectivity index (χ3v) is 6.27. The smallest absolute Gasteiger partial charge is 0.306 e. The van der Waals surface area contributed by atoms with Crippen LogP contribution in [0.5, 0.6) is 0 Å². The summed E-state index contributed by atoms with van der Waals surface area (Å²) in [6.07, 6.45) is 4.59. The van der Waals surface area contributed by atoms with Crippen molar-refractivity contribution < 1.29 is 14.3 Å². The van der Waals surface area contributed by atoms with Crippen LogP contribution in [0, 0.1) is 0 Å². The summed E-state index contributed by atoms with van der Waals surface area (Å²) in [5, 5.41) is 1.02. The van der Waals surface area contributed by atoms with Crippen LogP contribution >= 0.6 is 11.3 Å². The molecule has 154 valence electrons. The maximum Gasteiger partial charge on any atom is 0.306 e. The summed E-state index contributed by atoms with van der Waals surface area (Å²) in [7, 11) is 0. The summed E-state index contributed by atoms with van der Waals surface area (Å²) in [6.45, 7) is 1.02. The van der Waals surface area contributed by atoms with E-state index >= 15 is 0 Å². The van der Waals surface area contributed by atoms with Crippen molar-refractivity contribution in [1.29, 1.82) is 0 Å². The molecule has 30 heavy (non-hydrogen) atoms. The first kappa shape index (κ1) is 20.3. The van der Waals surface area contributed by atoms with E-state index in [2.05, 4.69) is 29.3 Å². The molecule has 0 fully saturated rings. The number of benzene rings is 2. The fraction of sp³-hybridized carbons (Fsp3) is 0.292. The summed E-state index contributed by atoms with van der Waals surface area (Å²) in [4.78, 5) is 30.7. The first-order valence-corrected chi connectivity index (χ1v) is 11.0. The molecule has 0 N–H and O–H groups in total. The molecule has 2 heterocycles. The van der Waals surface area contributed by atoms with E-state index in [1.807, 2.05) is 36.4 Å². The highest BCUT2D eigenvalue weighted by Gasteiger charge is 2.19. The molecule has 6 heteroatoms. The number of aryl methyl sites for hydroxylation is 1. The van der Waals surface area contributed by atoms with E-state index in [0.29, 0.717) is 25.9 Å². The monoisotopic (exact) mass is 420 g/mol. The lowest BCUT2D eigenvalue weighted by atomic mass is 10.00. The van der Waals surface area contributed by atoms with Crippen LogP contribution in [0.4, 0.5) is 0 Å². The molecule has 0 spiro atoms. The number of ether oxygens (including phenoxy) is 1. The van der Waals surface area contributed by atoms with Gasteiger partial charge in [0, 0.05) is 19.5 Å². The lowest BCUT2D eigenvalue weighted by Gasteiger charge is -2.26. The van der Waals surface area contributed by atoms with Crippen LogP contribution in [-0.2, 0) is 20.7 Å². The van der Waals surface area contributed by atoms with E-state index < -0.39 is 0 Å². The molecule has 0 radical (unpaired) electrons. The second kappa shape index (κ2) is 9.67. The number of amides is 1. The van der Waals surface area contributed by atoms with Gasteiger partial charge >= 0.3 is 5.97 Å². The van der Waals surface area contributed by atoms with Crippen molar-refractivity contribution in [2.24, 2.45) is 0 Å². The molecule has 4 rings (SSSR count). The van der Waals surface area contributed by atoms with Gasteiger partial charge in [0.05, 0.1) is 15.2 Å². The van der Waals surface area contributed by atoms with Gasteiger partial charge in [-0.1, -0.05) is 48.5 Å². The molecule has 0 atom stereocenters. The van der Waals surface area contributed by atoms with Crippen LogP contribution < -0.4 is 0 Å². The van der Waals surface area contributed by atoms with Gasteiger partial charge in [0.1, 0.15) is 0 Å². The molecule has 1 aromatic heterocycles. The second-order valence-electron chi connectivity index (χ2n) is 7.27. The maximum absolute atomic E-state index is 12.4. The van der Waals surface area contributed by atoms with Gasteiger partial charge in [-0.05, 0) is 42.5 Å². The lowest BCUT2D eigenvalue weighted by Crippen LogP contribution is -2.37. The largest absolute Gasteiger partial charge is 0.456 e. The summed E-state index contributed by atoms with van der Waals surface area (Å²) in [5.74, 6) is -0.472. The molecular weight excluding hydrogens is 396 g/mol. The zero-order chi connectivity index (χ0) is 20.8. The van der Waals surface area contributed by atoms with Gasteiger partial charge in [-0.15, -0.1) is 11.3 Å². The van der Waals surface area contributed by atoms with Crippen LogP contribution in [0.3, 0.4) is 0 Å². The van der Waals surface area contributed by atoms with Crippen molar-refractivity contribution in [3.05, 3.63) is 71.2 Å². The van der Waals surface area contributed by atoms with Crippen molar-refractivity contribution in [2.45, 2.75) is 25.7 Å². The summed E-state index contributed by atoms with van der Waals surface area (Å²) in [5.41, 5.74) is 3.45. The average Bonchev–Trinajstić information content (AvgIpc) is 3.21. The van der Waals surface area contributed by atoms with Crippen LogP contribution in [0.1, 0.15) is 29.8 Å². The molecule has 0 aliphatic carbocycles. The topological polar surface area (TPSA) is 59.5 Å². The highest BCUT2D eigenvalue weighted by Crippen LogP contribution is 2.23. The number of thiazole rings is 1. The number of hydrogen-bond donors (Lipinski definition) is 0. The Balaban J connectivity index is 1.18. The number of carbonyl (C=O) groups is 2. The van der Waals surface area contributed by atoms with Crippen LogP contribution in [0.2, 0.25) is 0 Å².